The predicted octanol–water partition coefficient (Wildman–Crippen LogP) is 5.39. The molecule has 1 atom stereocenters. The summed E-state index contributed by atoms with van der Waals surface area (Å²) in [5, 5.41) is 1.03. The van der Waals surface area contributed by atoms with Crippen LogP contribution in [0, 0.1) is 11.8 Å². The van der Waals surface area contributed by atoms with E-state index in [2.05, 4.69) is 46.2 Å². The fourth-order valence-corrected chi connectivity index (χ4v) is 6.23. The Morgan fingerprint density at radius 2 is 1.91 bits per heavy atom. The van der Waals surface area contributed by atoms with Gasteiger partial charge in [-0.15, -0.1) is 0 Å². The third-order valence-corrected chi connectivity index (χ3v) is 8.07. The molecule has 5 nitrogen and oxygen atoms in total. The van der Waals surface area contributed by atoms with E-state index in [9.17, 15) is 4.79 Å². The van der Waals surface area contributed by atoms with E-state index < -0.39 is 0 Å². The molecule has 2 aromatic carbocycles. The first-order chi connectivity index (χ1) is 16.2. The van der Waals surface area contributed by atoms with Crippen LogP contribution in [0.1, 0.15) is 38.2 Å². The van der Waals surface area contributed by atoms with Gasteiger partial charge < -0.3 is 14.5 Å². The van der Waals surface area contributed by atoms with Gasteiger partial charge in [0.2, 0.25) is 5.91 Å². The van der Waals surface area contributed by atoms with Crippen molar-refractivity contribution in [3.05, 3.63) is 54.1 Å². The lowest BCUT2D eigenvalue weighted by Crippen LogP contribution is -2.47. The number of nitrogens with zero attached hydrogens (tertiary/aromatic N) is 3. The van der Waals surface area contributed by atoms with Gasteiger partial charge in [0.1, 0.15) is 5.75 Å². The molecule has 2 aliphatic heterocycles. The first-order valence-corrected chi connectivity index (χ1v) is 13.1. The summed E-state index contributed by atoms with van der Waals surface area (Å²) in [5.41, 5.74) is 2.42. The van der Waals surface area contributed by atoms with Crippen LogP contribution in [0.4, 0.5) is 5.13 Å². The van der Waals surface area contributed by atoms with Crippen molar-refractivity contribution in [2.45, 2.75) is 39.0 Å². The van der Waals surface area contributed by atoms with Crippen LogP contribution in [0.5, 0.6) is 5.75 Å². The highest BCUT2D eigenvalue weighted by molar-refractivity contribution is 7.22. The highest BCUT2D eigenvalue weighted by Gasteiger charge is 2.32. The van der Waals surface area contributed by atoms with Crippen LogP contribution in [0.2, 0.25) is 0 Å². The molecule has 0 aliphatic carbocycles. The predicted molar refractivity (Wildman–Crippen MR) is 135 cm³/mol. The molecule has 174 valence electrons. The molecule has 0 N–H and O–H groups in total. The SMILES string of the molecule is CCOc1ccc2nc(N3CCC[C@H](C(=O)N4CCC(Cc5ccccc5)CC4)C3)sc2c1. The molecular weight excluding hydrogens is 430 g/mol. The lowest BCUT2D eigenvalue weighted by molar-refractivity contribution is -0.137. The van der Waals surface area contributed by atoms with E-state index >= 15 is 0 Å². The number of ether oxygens (including phenoxy) is 1. The highest BCUT2D eigenvalue weighted by Crippen LogP contribution is 2.34. The number of aromatic nitrogens is 1. The maximum Gasteiger partial charge on any atom is 0.227 e. The summed E-state index contributed by atoms with van der Waals surface area (Å²) < 4.78 is 6.78. The van der Waals surface area contributed by atoms with Crippen LogP contribution >= 0.6 is 11.3 Å². The summed E-state index contributed by atoms with van der Waals surface area (Å²) in [7, 11) is 0. The first kappa shape index (κ1) is 22.2. The summed E-state index contributed by atoms with van der Waals surface area (Å²) in [6.45, 7) is 6.21. The van der Waals surface area contributed by atoms with Gasteiger partial charge in [-0.25, -0.2) is 4.98 Å². The molecular formula is C27H33N3O2S. The monoisotopic (exact) mass is 463 g/mol. The Labute approximate surface area is 200 Å². The normalized spacial score (nSPS) is 19.7. The molecule has 3 heterocycles. The van der Waals surface area contributed by atoms with Gasteiger partial charge in [-0.1, -0.05) is 41.7 Å². The standard InChI is InChI=1S/C27H33N3O2S/c1-2-32-23-10-11-24-25(18-23)33-27(28-24)30-14-6-9-22(19-30)26(31)29-15-12-21(13-16-29)17-20-7-4-3-5-8-20/h3-5,7-8,10-11,18,21-22H,2,6,9,12-17,19H2,1H3/t22-/m0/s1. The molecule has 0 unspecified atom stereocenters. The molecule has 0 bridgehead atoms. The number of carbonyl (C=O) groups excluding carboxylic acids is 1. The summed E-state index contributed by atoms with van der Waals surface area (Å²) in [6, 6.07) is 16.8. The van der Waals surface area contributed by atoms with Crippen molar-refractivity contribution in [3.63, 3.8) is 0 Å². The second-order valence-corrected chi connectivity index (χ2v) is 10.3. The summed E-state index contributed by atoms with van der Waals surface area (Å²) in [6.07, 6.45) is 5.37. The van der Waals surface area contributed by atoms with Crippen LogP contribution in [0.3, 0.4) is 0 Å². The number of benzene rings is 2. The van der Waals surface area contributed by atoms with Gasteiger partial charge >= 0.3 is 0 Å². The lowest BCUT2D eigenvalue weighted by atomic mass is 9.89. The lowest BCUT2D eigenvalue weighted by Gasteiger charge is -2.38. The van der Waals surface area contributed by atoms with Gasteiger partial charge in [0.05, 0.1) is 22.7 Å². The Kier molecular flexibility index (Phi) is 6.81. The van der Waals surface area contributed by atoms with Crippen LogP contribution < -0.4 is 9.64 Å². The number of anilines is 1. The van der Waals surface area contributed by atoms with Crippen LogP contribution in [0.15, 0.2) is 48.5 Å². The Morgan fingerprint density at radius 3 is 2.70 bits per heavy atom. The zero-order chi connectivity index (χ0) is 22.6. The van der Waals surface area contributed by atoms with E-state index in [1.54, 1.807) is 11.3 Å². The summed E-state index contributed by atoms with van der Waals surface area (Å²) in [4.78, 5) is 22.7. The van der Waals surface area contributed by atoms with E-state index in [0.29, 0.717) is 18.4 Å². The highest BCUT2D eigenvalue weighted by atomic mass is 32.1. The number of hydrogen-bond acceptors (Lipinski definition) is 5. The Hall–Kier alpha value is -2.60. The van der Waals surface area contributed by atoms with E-state index in [1.165, 1.54) is 5.56 Å². The van der Waals surface area contributed by atoms with Gasteiger partial charge in [-0.2, -0.15) is 0 Å². The largest absolute Gasteiger partial charge is 0.494 e. The third-order valence-electron chi connectivity index (χ3n) is 6.99. The molecule has 5 rings (SSSR count). The second-order valence-electron chi connectivity index (χ2n) is 9.30. The minimum atomic E-state index is 0.0791. The Morgan fingerprint density at radius 1 is 1.09 bits per heavy atom. The van der Waals surface area contributed by atoms with Crippen LogP contribution in [-0.4, -0.2) is 48.6 Å². The zero-order valence-corrected chi connectivity index (χ0v) is 20.2. The number of piperidine rings is 2. The van der Waals surface area contributed by atoms with Gasteiger partial charge in [0, 0.05) is 26.2 Å². The third kappa shape index (κ3) is 5.16. The van der Waals surface area contributed by atoms with Crippen molar-refractivity contribution >= 4 is 32.6 Å². The van der Waals surface area contributed by atoms with E-state index in [4.69, 9.17) is 9.72 Å². The van der Waals surface area contributed by atoms with Crippen molar-refractivity contribution in [1.29, 1.82) is 0 Å². The number of thiazole rings is 1. The number of fused-ring (bicyclic) bond motifs is 1. The molecule has 2 aliphatic rings. The summed E-state index contributed by atoms with van der Waals surface area (Å²) >= 11 is 1.70. The first-order valence-electron chi connectivity index (χ1n) is 12.3. The number of rotatable bonds is 6. The van der Waals surface area contributed by atoms with Gasteiger partial charge in [0.25, 0.3) is 0 Å². The quantitative estimate of drug-likeness (QED) is 0.492. The zero-order valence-electron chi connectivity index (χ0n) is 19.4. The number of amides is 1. The molecule has 0 spiro atoms. The van der Waals surface area contributed by atoms with E-state index in [-0.39, 0.29) is 5.92 Å². The van der Waals surface area contributed by atoms with Crippen molar-refractivity contribution in [3.8, 4) is 5.75 Å². The Bertz CT molecular complexity index is 1080. The van der Waals surface area contributed by atoms with Gasteiger partial charge in [-0.05, 0) is 68.7 Å². The molecule has 1 aromatic heterocycles. The topological polar surface area (TPSA) is 45.7 Å². The van der Waals surface area contributed by atoms with Gasteiger partial charge in [-0.3, -0.25) is 4.79 Å². The number of hydrogen-bond donors (Lipinski definition) is 0. The average molecular weight is 464 g/mol. The maximum absolute atomic E-state index is 13.3. The van der Waals surface area contributed by atoms with Crippen molar-refractivity contribution < 1.29 is 9.53 Å². The van der Waals surface area contributed by atoms with Crippen molar-refractivity contribution in [2.75, 3.05) is 37.7 Å². The molecule has 0 saturated carbocycles. The fraction of sp³-hybridized carbons (Fsp3) is 0.481. The maximum atomic E-state index is 13.3. The average Bonchev–Trinajstić information content (AvgIpc) is 3.29. The molecule has 6 heteroatoms. The van der Waals surface area contributed by atoms with E-state index in [0.717, 1.165) is 79.4 Å². The van der Waals surface area contributed by atoms with Crippen molar-refractivity contribution in [1.82, 2.24) is 9.88 Å². The fourth-order valence-electron chi connectivity index (χ4n) is 5.20. The molecule has 3 aromatic rings. The minimum absolute atomic E-state index is 0.0791. The molecule has 0 radical (unpaired) electrons. The molecule has 33 heavy (non-hydrogen) atoms. The number of likely N-dealkylation sites (tertiary alicyclic amines) is 1. The second kappa shape index (κ2) is 10.1. The summed E-state index contributed by atoms with van der Waals surface area (Å²) in [5.74, 6) is 2.00. The van der Waals surface area contributed by atoms with Crippen molar-refractivity contribution in [2.24, 2.45) is 11.8 Å². The number of carbonyl (C=O) groups is 1. The molecule has 1 amide bonds. The smallest absolute Gasteiger partial charge is 0.227 e. The molecule has 2 saturated heterocycles. The molecule has 2 fully saturated rings. The van der Waals surface area contributed by atoms with E-state index in [1.807, 2.05) is 19.1 Å². The van der Waals surface area contributed by atoms with Gasteiger partial charge in [0.15, 0.2) is 5.13 Å². The van der Waals surface area contributed by atoms with Crippen LogP contribution in [0.25, 0.3) is 10.2 Å². The Balaban J connectivity index is 1.18. The minimum Gasteiger partial charge on any atom is -0.494 e. The van der Waals surface area contributed by atoms with Crippen LogP contribution in [-0.2, 0) is 11.2 Å².